The normalized spacial score (nSPS) is 21.9. The number of hydrogen-bond acceptors (Lipinski definition) is 5. The lowest BCUT2D eigenvalue weighted by Crippen LogP contribution is -2.43. The van der Waals surface area contributed by atoms with Crippen LogP contribution in [0.15, 0.2) is 24.3 Å². The Bertz CT molecular complexity index is 514. The third-order valence-electron chi connectivity index (χ3n) is 4.14. The highest BCUT2D eigenvalue weighted by atomic mass is 32.2. The topological polar surface area (TPSA) is 44.8 Å². The van der Waals surface area contributed by atoms with Crippen molar-refractivity contribution in [3.8, 4) is 0 Å². The van der Waals surface area contributed by atoms with E-state index in [1.165, 1.54) is 11.3 Å². The molecule has 0 radical (unpaired) electrons. The third-order valence-corrected chi connectivity index (χ3v) is 5.08. The molecule has 0 aromatic heterocycles. The van der Waals surface area contributed by atoms with Crippen molar-refractivity contribution < 1.29 is 9.53 Å². The highest BCUT2D eigenvalue weighted by molar-refractivity contribution is 7.99. The van der Waals surface area contributed by atoms with Gasteiger partial charge in [-0.05, 0) is 11.6 Å². The first-order chi connectivity index (χ1) is 10.8. The molecule has 2 heterocycles. The Hall–Kier alpha value is -1.24. The summed E-state index contributed by atoms with van der Waals surface area (Å²) >= 11 is 1.78. The number of benzene rings is 1. The van der Waals surface area contributed by atoms with Crippen molar-refractivity contribution in [2.45, 2.75) is 12.6 Å². The zero-order valence-corrected chi connectivity index (χ0v) is 13.8. The van der Waals surface area contributed by atoms with Crippen LogP contribution in [0.4, 0.5) is 5.69 Å². The van der Waals surface area contributed by atoms with Crippen LogP contribution in [0.1, 0.15) is 5.56 Å². The van der Waals surface area contributed by atoms with E-state index >= 15 is 0 Å². The number of carbonyl (C=O) groups is 1. The number of morpholine rings is 1. The summed E-state index contributed by atoms with van der Waals surface area (Å²) < 4.78 is 5.43. The van der Waals surface area contributed by atoms with E-state index in [4.69, 9.17) is 4.74 Å². The second-order valence-electron chi connectivity index (χ2n) is 5.69. The maximum absolute atomic E-state index is 12.5. The minimum Gasteiger partial charge on any atom is -0.378 e. The number of amides is 1. The molecule has 2 saturated heterocycles. The summed E-state index contributed by atoms with van der Waals surface area (Å²) in [5.41, 5.74) is 2.42. The summed E-state index contributed by atoms with van der Waals surface area (Å²) in [6.45, 7) is 4.01. The molecule has 3 rings (SSSR count). The molecular weight excluding hydrogens is 298 g/mol. The summed E-state index contributed by atoms with van der Waals surface area (Å²) in [5, 5.41) is 3.25. The molecule has 22 heavy (non-hydrogen) atoms. The molecule has 0 unspecified atom stereocenters. The lowest BCUT2D eigenvalue weighted by atomic mass is 10.1. The minimum absolute atomic E-state index is 0.0365. The zero-order chi connectivity index (χ0) is 15.4. The number of anilines is 1. The van der Waals surface area contributed by atoms with Crippen LogP contribution in [0.25, 0.3) is 0 Å². The molecule has 0 bridgehead atoms. The number of rotatable bonds is 4. The van der Waals surface area contributed by atoms with Crippen molar-refractivity contribution in [1.29, 1.82) is 0 Å². The molecular formula is C16H23N3O2S. The lowest BCUT2D eigenvalue weighted by molar-refractivity contribution is -0.131. The van der Waals surface area contributed by atoms with Gasteiger partial charge >= 0.3 is 0 Å². The fourth-order valence-electron chi connectivity index (χ4n) is 2.91. The van der Waals surface area contributed by atoms with Gasteiger partial charge in [0, 0.05) is 44.0 Å². The molecule has 1 amide bonds. The van der Waals surface area contributed by atoms with E-state index in [0.29, 0.717) is 6.54 Å². The quantitative estimate of drug-likeness (QED) is 0.901. The number of likely N-dealkylation sites (N-methyl/N-ethyl adjacent to an activating group) is 1. The van der Waals surface area contributed by atoms with Crippen LogP contribution in [-0.4, -0.2) is 61.8 Å². The van der Waals surface area contributed by atoms with Crippen LogP contribution in [-0.2, 0) is 16.1 Å². The Morgan fingerprint density at radius 3 is 2.91 bits per heavy atom. The fourth-order valence-corrected chi connectivity index (χ4v) is 3.84. The lowest BCUT2D eigenvalue weighted by Gasteiger charge is -2.31. The van der Waals surface area contributed by atoms with Gasteiger partial charge in [-0.1, -0.05) is 18.2 Å². The van der Waals surface area contributed by atoms with E-state index in [2.05, 4.69) is 28.4 Å². The number of carbonyl (C=O) groups excluding carboxylic acids is 1. The standard InChI is InChI=1S/C16H23N3O2S/c1-18(16(20)14-11-22-12-17-14)10-13-4-2-3-5-15(13)19-6-8-21-9-7-19/h2-5,14,17H,6-12H2,1H3/t14-/m1/s1. The SMILES string of the molecule is CN(Cc1ccccc1N1CCOCC1)C(=O)[C@H]1CSCN1. The van der Waals surface area contributed by atoms with Gasteiger partial charge in [-0.25, -0.2) is 0 Å². The Morgan fingerprint density at radius 1 is 1.41 bits per heavy atom. The highest BCUT2D eigenvalue weighted by Crippen LogP contribution is 2.23. The van der Waals surface area contributed by atoms with Crippen molar-refractivity contribution in [2.75, 3.05) is 49.9 Å². The molecule has 0 saturated carbocycles. The zero-order valence-electron chi connectivity index (χ0n) is 13.0. The van der Waals surface area contributed by atoms with Crippen LogP contribution in [0, 0.1) is 0 Å². The number of hydrogen-bond donors (Lipinski definition) is 1. The van der Waals surface area contributed by atoms with E-state index < -0.39 is 0 Å². The van der Waals surface area contributed by atoms with Crippen LogP contribution in [0.5, 0.6) is 0 Å². The van der Waals surface area contributed by atoms with Crippen LogP contribution < -0.4 is 10.2 Å². The number of ether oxygens (including phenoxy) is 1. The van der Waals surface area contributed by atoms with Gasteiger partial charge in [0.25, 0.3) is 0 Å². The van der Waals surface area contributed by atoms with Gasteiger partial charge in [-0.15, -0.1) is 11.8 Å². The van der Waals surface area contributed by atoms with Crippen molar-refractivity contribution in [3.05, 3.63) is 29.8 Å². The summed E-state index contributed by atoms with van der Waals surface area (Å²) in [6.07, 6.45) is 0. The van der Waals surface area contributed by atoms with E-state index in [0.717, 1.165) is 37.9 Å². The average molecular weight is 321 g/mol. The predicted molar refractivity (Wildman–Crippen MR) is 90.2 cm³/mol. The van der Waals surface area contributed by atoms with Gasteiger partial charge in [0.05, 0.1) is 19.3 Å². The molecule has 0 spiro atoms. The summed E-state index contributed by atoms with van der Waals surface area (Å²) in [5.74, 6) is 1.92. The first kappa shape index (κ1) is 15.6. The van der Waals surface area contributed by atoms with Crippen molar-refractivity contribution in [2.24, 2.45) is 0 Å². The van der Waals surface area contributed by atoms with Gasteiger partial charge in [-0.3, -0.25) is 10.1 Å². The second-order valence-corrected chi connectivity index (χ2v) is 6.72. The second kappa shape index (κ2) is 7.35. The summed E-state index contributed by atoms with van der Waals surface area (Å²) in [6, 6.07) is 8.33. The number of para-hydroxylation sites is 1. The first-order valence-corrected chi connectivity index (χ1v) is 8.88. The number of nitrogens with one attached hydrogen (secondary N) is 1. The van der Waals surface area contributed by atoms with E-state index in [9.17, 15) is 4.79 Å². The molecule has 5 nitrogen and oxygen atoms in total. The van der Waals surface area contributed by atoms with E-state index in [1.54, 1.807) is 11.8 Å². The molecule has 6 heteroatoms. The van der Waals surface area contributed by atoms with Crippen molar-refractivity contribution in [3.63, 3.8) is 0 Å². The first-order valence-electron chi connectivity index (χ1n) is 7.72. The fraction of sp³-hybridized carbons (Fsp3) is 0.562. The van der Waals surface area contributed by atoms with Gasteiger partial charge < -0.3 is 14.5 Å². The Kier molecular flexibility index (Phi) is 5.23. The molecule has 2 fully saturated rings. The molecule has 0 aliphatic carbocycles. The van der Waals surface area contributed by atoms with Crippen molar-refractivity contribution >= 4 is 23.4 Å². The molecule has 2 aliphatic heterocycles. The molecule has 2 aliphatic rings. The van der Waals surface area contributed by atoms with Gasteiger partial charge in [0.15, 0.2) is 0 Å². The monoisotopic (exact) mass is 321 g/mol. The van der Waals surface area contributed by atoms with E-state index in [1.807, 2.05) is 18.0 Å². The average Bonchev–Trinajstić information content (AvgIpc) is 3.10. The van der Waals surface area contributed by atoms with Crippen LogP contribution >= 0.6 is 11.8 Å². The Balaban J connectivity index is 1.69. The number of nitrogens with zero attached hydrogens (tertiary/aromatic N) is 2. The van der Waals surface area contributed by atoms with Gasteiger partial charge in [-0.2, -0.15) is 0 Å². The van der Waals surface area contributed by atoms with Gasteiger partial charge in [0.1, 0.15) is 0 Å². The maximum Gasteiger partial charge on any atom is 0.240 e. The summed E-state index contributed by atoms with van der Waals surface area (Å²) in [7, 11) is 1.89. The molecule has 1 N–H and O–H groups in total. The van der Waals surface area contributed by atoms with E-state index in [-0.39, 0.29) is 11.9 Å². The predicted octanol–water partition coefficient (Wildman–Crippen LogP) is 1.14. The highest BCUT2D eigenvalue weighted by Gasteiger charge is 2.26. The van der Waals surface area contributed by atoms with Crippen molar-refractivity contribution in [1.82, 2.24) is 10.2 Å². The largest absolute Gasteiger partial charge is 0.378 e. The Labute approximate surface area is 136 Å². The number of thioether (sulfide) groups is 1. The van der Waals surface area contributed by atoms with Gasteiger partial charge in [0.2, 0.25) is 5.91 Å². The Morgan fingerprint density at radius 2 is 2.18 bits per heavy atom. The third kappa shape index (κ3) is 3.56. The van der Waals surface area contributed by atoms with Crippen LogP contribution in [0.3, 0.4) is 0 Å². The molecule has 1 aromatic carbocycles. The van der Waals surface area contributed by atoms with Crippen LogP contribution in [0.2, 0.25) is 0 Å². The smallest absolute Gasteiger partial charge is 0.240 e. The minimum atomic E-state index is -0.0365. The molecule has 1 aromatic rings. The molecule has 120 valence electrons. The maximum atomic E-state index is 12.5. The molecule has 1 atom stereocenters. The summed E-state index contributed by atoms with van der Waals surface area (Å²) in [4.78, 5) is 16.6.